The van der Waals surface area contributed by atoms with Gasteiger partial charge in [0.2, 0.25) is 5.91 Å². The predicted octanol–water partition coefficient (Wildman–Crippen LogP) is -0.147. The second-order valence-corrected chi connectivity index (χ2v) is 5.02. The Labute approximate surface area is 110 Å². The highest BCUT2D eigenvalue weighted by molar-refractivity contribution is 5.77. The van der Waals surface area contributed by atoms with Crippen molar-refractivity contribution in [2.24, 2.45) is 5.92 Å². The summed E-state index contributed by atoms with van der Waals surface area (Å²) in [5.41, 5.74) is 0. The van der Waals surface area contributed by atoms with Gasteiger partial charge in [-0.3, -0.25) is 4.79 Å². The number of piperidine rings is 1. The first kappa shape index (κ1) is 15.4. The summed E-state index contributed by atoms with van der Waals surface area (Å²) in [7, 11) is 0. The quantitative estimate of drug-likeness (QED) is 0.456. The second-order valence-electron chi connectivity index (χ2n) is 5.02. The van der Waals surface area contributed by atoms with E-state index in [9.17, 15) is 4.79 Å². The van der Waals surface area contributed by atoms with Gasteiger partial charge in [0.25, 0.3) is 0 Å². The molecule has 106 valence electrons. The number of amides is 1. The molecule has 1 aliphatic heterocycles. The lowest BCUT2D eigenvalue weighted by Crippen LogP contribution is -2.39. The molecule has 5 heteroatoms. The zero-order valence-electron chi connectivity index (χ0n) is 11.4. The largest absolute Gasteiger partial charge is 0.387 e. The lowest BCUT2D eigenvalue weighted by Gasteiger charge is -2.23. The molecule has 0 aromatic rings. The number of aliphatic hydroxyl groups is 1. The summed E-state index contributed by atoms with van der Waals surface area (Å²) >= 11 is 0. The molecule has 1 fully saturated rings. The summed E-state index contributed by atoms with van der Waals surface area (Å²) in [6.45, 7) is 5.90. The molecule has 0 saturated carbocycles. The molecule has 4 N–H and O–H groups in total. The molecule has 5 nitrogen and oxygen atoms in total. The summed E-state index contributed by atoms with van der Waals surface area (Å²) in [5, 5.41) is 18.3. The third kappa shape index (κ3) is 6.33. The van der Waals surface area contributed by atoms with E-state index in [0.29, 0.717) is 0 Å². The zero-order valence-corrected chi connectivity index (χ0v) is 11.4. The molecule has 1 atom stereocenters. The van der Waals surface area contributed by atoms with Crippen LogP contribution in [0, 0.1) is 5.92 Å². The Morgan fingerprint density at radius 1 is 1.44 bits per heavy atom. The van der Waals surface area contributed by atoms with E-state index < -0.39 is 6.61 Å². The average molecular weight is 257 g/mol. The van der Waals surface area contributed by atoms with E-state index in [-0.39, 0.29) is 11.9 Å². The number of aliphatic hydroxyl groups excluding tert-OH is 1. The molecule has 0 spiro atoms. The van der Waals surface area contributed by atoms with E-state index in [1.165, 1.54) is 12.8 Å². The van der Waals surface area contributed by atoms with Crippen LogP contribution in [-0.4, -0.2) is 49.8 Å². The molecular weight excluding hydrogens is 230 g/mol. The van der Waals surface area contributed by atoms with E-state index >= 15 is 0 Å². The van der Waals surface area contributed by atoms with Gasteiger partial charge in [0.1, 0.15) is 6.61 Å². The number of hydrogen-bond acceptors (Lipinski definition) is 4. The highest BCUT2D eigenvalue weighted by atomic mass is 16.3. The molecule has 1 amide bonds. The SMILES string of the molecule is CCC(CCNCC1CCNCC1)NC(=O)CO. The summed E-state index contributed by atoms with van der Waals surface area (Å²) in [4.78, 5) is 11.1. The van der Waals surface area contributed by atoms with Crippen molar-refractivity contribution in [1.29, 1.82) is 0 Å². The molecule has 18 heavy (non-hydrogen) atoms. The summed E-state index contributed by atoms with van der Waals surface area (Å²) in [6.07, 6.45) is 4.34. The Morgan fingerprint density at radius 2 is 2.17 bits per heavy atom. The third-order valence-corrected chi connectivity index (χ3v) is 3.56. The smallest absolute Gasteiger partial charge is 0.245 e. The fourth-order valence-corrected chi connectivity index (χ4v) is 2.32. The topological polar surface area (TPSA) is 73.4 Å². The monoisotopic (exact) mass is 257 g/mol. The number of carbonyl (C=O) groups is 1. The lowest BCUT2D eigenvalue weighted by molar-refractivity contribution is -0.124. The maximum atomic E-state index is 11.1. The zero-order chi connectivity index (χ0) is 13.2. The van der Waals surface area contributed by atoms with Crippen molar-refractivity contribution in [3.05, 3.63) is 0 Å². The minimum atomic E-state index is -0.418. The third-order valence-electron chi connectivity index (χ3n) is 3.56. The molecule has 1 heterocycles. The van der Waals surface area contributed by atoms with E-state index in [2.05, 4.69) is 22.9 Å². The Morgan fingerprint density at radius 3 is 2.78 bits per heavy atom. The van der Waals surface area contributed by atoms with Crippen molar-refractivity contribution in [2.45, 2.75) is 38.6 Å². The van der Waals surface area contributed by atoms with Crippen molar-refractivity contribution >= 4 is 5.91 Å². The van der Waals surface area contributed by atoms with E-state index in [1.807, 2.05) is 0 Å². The molecule has 1 unspecified atom stereocenters. The maximum absolute atomic E-state index is 11.1. The molecule has 1 saturated heterocycles. The molecular formula is C13H27N3O2. The molecule has 1 rings (SSSR count). The van der Waals surface area contributed by atoms with Crippen LogP contribution in [-0.2, 0) is 4.79 Å². The predicted molar refractivity (Wildman–Crippen MR) is 72.4 cm³/mol. The van der Waals surface area contributed by atoms with Gasteiger partial charge in [0, 0.05) is 6.04 Å². The summed E-state index contributed by atoms with van der Waals surface area (Å²) in [6, 6.07) is 0.171. The van der Waals surface area contributed by atoms with Crippen LogP contribution in [0.3, 0.4) is 0 Å². The summed E-state index contributed by atoms with van der Waals surface area (Å²) < 4.78 is 0. The first-order chi connectivity index (χ1) is 8.76. The Balaban J connectivity index is 2.05. The van der Waals surface area contributed by atoms with E-state index in [1.54, 1.807) is 0 Å². The van der Waals surface area contributed by atoms with E-state index in [0.717, 1.165) is 44.9 Å². The minimum Gasteiger partial charge on any atom is -0.387 e. The summed E-state index contributed by atoms with van der Waals surface area (Å²) in [5.74, 6) is 0.513. The van der Waals surface area contributed by atoms with Gasteiger partial charge in [-0.1, -0.05) is 6.92 Å². The maximum Gasteiger partial charge on any atom is 0.245 e. The lowest BCUT2D eigenvalue weighted by atomic mass is 9.98. The standard InChI is InChI=1S/C13H27N3O2/c1-2-12(16-13(18)10-17)5-8-15-9-11-3-6-14-7-4-11/h11-12,14-15,17H,2-10H2,1H3,(H,16,18). The number of rotatable bonds is 8. The normalized spacial score (nSPS) is 18.6. The van der Waals surface area contributed by atoms with Crippen molar-refractivity contribution < 1.29 is 9.90 Å². The molecule has 0 bridgehead atoms. The van der Waals surface area contributed by atoms with Crippen LogP contribution in [0.2, 0.25) is 0 Å². The van der Waals surface area contributed by atoms with E-state index in [4.69, 9.17) is 5.11 Å². The Kier molecular flexibility index (Phi) is 7.96. The van der Waals surface area contributed by atoms with Gasteiger partial charge in [0.15, 0.2) is 0 Å². The molecule has 0 aromatic heterocycles. The first-order valence-corrected chi connectivity index (χ1v) is 7.08. The average Bonchev–Trinajstić information content (AvgIpc) is 2.43. The van der Waals surface area contributed by atoms with Crippen molar-refractivity contribution in [2.75, 3.05) is 32.8 Å². The van der Waals surface area contributed by atoms with Gasteiger partial charge in [-0.25, -0.2) is 0 Å². The molecule has 0 aromatic carbocycles. The van der Waals surface area contributed by atoms with Crippen LogP contribution >= 0.6 is 0 Å². The minimum absolute atomic E-state index is 0.171. The van der Waals surface area contributed by atoms with Crippen molar-refractivity contribution in [1.82, 2.24) is 16.0 Å². The highest BCUT2D eigenvalue weighted by Gasteiger charge is 2.13. The van der Waals surface area contributed by atoms with Crippen LogP contribution in [0.5, 0.6) is 0 Å². The van der Waals surface area contributed by atoms with Gasteiger partial charge in [0.05, 0.1) is 0 Å². The first-order valence-electron chi connectivity index (χ1n) is 7.08. The highest BCUT2D eigenvalue weighted by Crippen LogP contribution is 2.09. The molecule has 0 radical (unpaired) electrons. The number of carbonyl (C=O) groups excluding carboxylic acids is 1. The van der Waals surface area contributed by atoms with Crippen molar-refractivity contribution in [3.8, 4) is 0 Å². The van der Waals surface area contributed by atoms with Gasteiger partial charge < -0.3 is 21.1 Å². The fourth-order valence-electron chi connectivity index (χ4n) is 2.32. The van der Waals surface area contributed by atoms with Crippen LogP contribution in [0.15, 0.2) is 0 Å². The van der Waals surface area contributed by atoms with Crippen LogP contribution < -0.4 is 16.0 Å². The van der Waals surface area contributed by atoms with Crippen LogP contribution in [0.1, 0.15) is 32.6 Å². The fraction of sp³-hybridized carbons (Fsp3) is 0.923. The second kappa shape index (κ2) is 9.30. The van der Waals surface area contributed by atoms with Crippen LogP contribution in [0.4, 0.5) is 0 Å². The van der Waals surface area contributed by atoms with Gasteiger partial charge in [-0.15, -0.1) is 0 Å². The van der Waals surface area contributed by atoms with Gasteiger partial charge in [-0.05, 0) is 57.8 Å². The van der Waals surface area contributed by atoms with Gasteiger partial charge >= 0.3 is 0 Å². The Bertz CT molecular complexity index is 230. The number of nitrogens with one attached hydrogen (secondary N) is 3. The number of hydrogen-bond donors (Lipinski definition) is 4. The molecule has 0 aliphatic carbocycles. The van der Waals surface area contributed by atoms with Crippen molar-refractivity contribution in [3.63, 3.8) is 0 Å². The molecule has 1 aliphatic rings. The van der Waals surface area contributed by atoms with Gasteiger partial charge in [-0.2, -0.15) is 0 Å². The Hall–Kier alpha value is -0.650. The van der Waals surface area contributed by atoms with Crippen LogP contribution in [0.25, 0.3) is 0 Å².